The van der Waals surface area contributed by atoms with Crippen molar-refractivity contribution in [2.45, 2.75) is 45.6 Å². The summed E-state index contributed by atoms with van der Waals surface area (Å²) in [6, 6.07) is 12.9. The highest BCUT2D eigenvalue weighted by molar-refractivity contribution is 6.32. The summed E-state index contributed by atoms with van der Waals surface area (Å²) in [6.45, 7) is 6.69. The van der Waals surface area contributed by atoms with Crippen LogP contribution in [0, 0.1) is 0 Å². The van der Waals surface area contributed by atoms with E-state index in [-0.39, 0.29) is 17.8 Å². The molecule has 0 bridgehead atoms. The number of hydrogen-bond acceptors (Lipinski definition) is 8. The Labute approximate surface area is 219 Å². The number of carboxylic acids is 1. The third-order valence-corrected chi connectivity index (χ3v) is 6.16. The number of nitrogen functional groups attached to an aromatic ring is 1. The normalized spacial score (nSPS) is 11.5. The Balaban J connectivity index is 1.59. The summed E-state index contributed by atoms with van der Waals surface area (Å²) in [6.07, 6.45) is 2.33. The van der Waals surface area contributed by atoms with Crippen LogP contribution < -0.4 is 10.5 Å². The third-order valence-electron chi connectivity index (χ3n) is 5.86. The molecule has 3 N–H and O–H groups in total. The Morgan fingerprint density at radius 1 is 1.11 bits per heavy atom. The number of rotatable bonds is 10. The highest BCUT2D eigenvalue weighted by atomic mass is 35.5. The van der Waals surface area contributed by atoms with Crippen LogP contribution in [0.1, 0.15) is 45.0 Å². The zero-order chi connectivity index (χ0) is 26.6. The van der Waals surface area contributed by atoms with Crippen LogP contribution in [0.3, 0.4) is 0 Å². The minimum Gasteiger partial charge on any atom is -0.492 e. The van der Waals surface area contributed by atoms with Crippen molar-refractivity contribution in [1.29, 1.82) is 0 Å². The van der Waals surface area contributed by atoms with Gasteiger partial charge in [-0.3, -0.25) is 9.78 Å². The topological polar surface area (TPSA) is 142 Å². The molecule has 0 aliphatic rings. The van der Waals surface area contributed by atoms with Gasteiger partial charge in [0.2, 0.25) is 5.95 Å². The largest absolute Gasteiger partial charge is 0.492 e. The second-order valence-electron chi connectivity index (χ2n) is 9.14. The summed E-state index contributed by atoms with van der Waals surface area (Å²) in [5.41, 5.74) is 9.54. The van der Waals surface area contributed by atoms with Gasteiger partial charge in [-0.05, 0) is 43.7 Å². The van der Waals surface area contributed by atoms with E-state index in [0.717, 1.165) is 11.4 Å². The lowest BCUT2D eigenvalue weighted by Crippen LogP contribution is -2.21. The molecule has 0 aliphatic carbocycles. The van der Waals surface area contributed by atoms with Crippen molar-refractivity contribution in [2.75, 3.05) is 12.3 Å². The van der Waals surface area contributed by atoms with E-state index in [1.807, 2.05) is 51.1 Å². The molecular formula is C26H28ClN7O3. The Morgan fingerprint density at radius 3 is 2.62 bits per heavy atom. The van der Waals surface area contributed by atoms with Gasteiger partial charge in [0.05, 0.1) is 41.5 Å². The molecule has 10 nitrogen and oxygen atoms in total. The second-order valence-corrected chi connectivity index (χ2v) is 9.55. The van der Waals surface area contributed by atoms with Crippen LogP contribution in [-0.4, -0.2) is 47.6 Å². The smallest absolute Gasteiger partial charge is 0.303 e. The van der Waals surface area contributed by atoms with Crippen LogP contribution in [0.25, 0.3) is 22.6 Å². The molecule has 0 saturated carbocycles. The van der Waals surface area contributed by atoms with E-state index in [4.69, 9.17) is 32.2 Å². The summed E-state index contributed by atoms with van der Waals surface area (Å²) in [7, 11) is 0. The lowest BCUT2D eigenvalue weighted by atomic mass is 9.84. The fraction of sp³-hybridized carbons (Fsp3) is 0.308. The zero-order valence-electron chi connectivity index (χ0n) is 20.8. The molecule has 11 heteroatoms. The Hall–Kier alpha value is -4.05. The van der Waals surface area contributed by atoms with E-state index < -0.39 is 5.97 Å². The number of nitrogens with zero attached hydrogens (tertiary/aromatic N) is 6. The molecule has 0 spiro atoms. The molecule has 0 aliphatic heterocycles. The lowest BCUT2D eigenvalue weighted by Gasteiger charge is -2.23. The van der Waals surface area contributed by atoms with Gasteiger partial charge in [0.15, 0.2) is 0 Å². The highest BCUT2D eigenvalue weighted by Crippen LogP contribution is 2.36. The molecule has 3 heterocycles. The first-order valence-corrected chi connectivity index (χ1v) is 12.2. The Bertz CT molecular complexity index is 1420. The molecule has 4 rings (SSSR count). The quantitative estimate of drug-likeness (QED) is 0.305. The van der Waals surface area contributed by atoms with Crippen molar-refractivity contribution in [3.8, 4) is 28.4 Å². The number of halogens is 1. The fourth-order valence-corrected chi connectivity index (χ4v) is 4.12. The summed E-state index contributed by atoms with van der Waals surface area (Å²) in [5, 5.41) is 18.0. The van der Waals surface area contributed by atoms with E-state index in [9.17, 15) is 4.79 Å². The minimum atomic E-state index is -0.822. The van der Waals surface area contributed by atoms with Crippen molar-refractivity contribution >= 4 is 23.5 Å². The number of anilines is 1. The number of carboxylic acid groups (broad SMARTS) is 1. The van der Waals surface area contributed by atoms with Crippen molar-refractivity contribution in [3.05, 3.63) is 65.1 Å². The molecule has 0 radical (unpaired) electrons. The molecule has 192 valence electrons. The van der Waals surface area contributed by atoms with Gasteiger partial charge in [0.25, 0.3) is 0 Å². The Morgan fingerprint density at radius 2 is 1.86 bits per heavy atom. The van der Waals surface area contributed by atoms with E-state index in [1.165, 1.54) is 0 Å². The number of pyridine rings is 1. The van der Waals surface area contributed by atoms with Gasteiger partial charge in [-0.1, -0.05) is 42.8 Å². The van der Waals surface area contributed by atoms with Crippen molar-refractivity contribution in [2.24, 2.45) is 0 Å². The number of benzene rings is 1. The van der Waals surface area contributed by atoms with Gasteiger partial charge < -0.3 is 15.6 Å². The lowest BCUT2D eigenvalue weighted by molar-refractivity contribution is -0.137. The second kappa shape index (κ2) is 10.9. The number of aliphatic carboxylic acids is 1. The molecular weight excluding hydrogens is 494 g/mol. The first kappa shape index (κ1) is 26.0. The Kier molecular flexibility index (Phi) is 7.68. The minimum absolute atomic E-state index is 0.0800. The van der Waals surface area contributed by atoms with Gasteiger partial charge in [-0.2, -0.15) is 0 Å². The SMILES string of the molecule is CCOc1c(Cl)cccc1-c1cc(-c2cn(Cc3cccc(C(C)(C)CCC(=O)O)n3)nn2)nc(N)n1. The fourth-order valence-electron chi connectivity index (χ4n) is 3.89. The van der Waals surface area contributed by atoms with Gasteiger partial charge in [0.1, 0.15) is 11.4 Å². The highest BCUT2D eigenvalue weighted by Gasteiger charge is 2.23. The van der Waals surface area contributed by atoms with Crippen LogP contribution in [0.15, 0.2) is 48.7 Å². The summed E-state index contributed by atoms with van der Waals surface area (Å²) >= 11 is 6.35. The standard InChI is InChI=1S/C26H28ClN7O3/c1-4-37-24-17(8-6-9-18(24)27)19-13-20(31-25(28)30-19)21-15-34(33-32-21)14-16-7-5-10-22(29-16)26(2,3)12-11-23(35)36/h5-10,13,15H,4,11-12,14H2,1-3H3,(H,35,36)(H2,28,30,31). The summed E-state index contributed by atoms with van der Waals surface area (Å²) in [5.74, 6) is -0.212. The average molecular weight is 522 g/mol. The predicted molar refractivity (Wildman–Crippen MR) is 140 cm³/mol. The maximum atomic E-state index is 11.0. The summed E-state index contributed by atoms with van der Waals surface area (Å²) < 4.78 is 7.40. The molecule has 1 aromatic carbocycles. The number of nitrogens with two attached hydrogens (primary N) is 1. The maximum absolute atomic E-state index is 11.0. The molecule has 37 heavy (non-hydrogen) atoms. The van der Waals surface area contributed by atoms with Gasteiger partial charge in [0, 0.05) is 23.1 Å². The molecule has 0 fully saturated rings. The van der Waals surface area contributed by atoms with E-state index in [1.54, 1.807) is 23.0 Å². The van der Waals surface area contributed by atoms with Crippen LogP contribution in [0.2, 0.25) is 5.02 Å². The number of carbonyl (C=O) groups is 1. The van der Waals surface area contributed by atoms with Crippen LogP contribution >= 0.6 is 11.6 Å². The van der Waals surface area contributed by atoms with Crippen LogP contribution in [0.4, 0.5) is 5.95 Å². The molecule has 4 aromatic rings. The molecule has 0 unspecified atom stereocenters. The van der Waals surface area contributed by atoms with Crippen molar-refractivity contribution < 1.29 is 14.6 Å². The number of ether oxygens (including phenoxy) is 1. The molecule has 0 atom stereocenters. The van der Waals surface area contributed by atoms with Crippen LogP contribution in [-0.2, 0) is 16.8 Å². The van der Waals surface area contributed by atoms with Gasteiger partial charge >= 0.3 is 5.97 Å². The zero-order valence-corrected chi connectivity index (χ0v) is 21.6. The van der Waals surface area contributed by atoms with Crippen LogP contribution in [0.5, 0.6) is 5.75 Å². The number of aromatic nitrogens is 6. The first-order chi connectivity index (χ1) is 17.7. The van der Waals surface area contributed by atoms with Gasteiger partial charge in [-0.25, -0.2) is 14.6 Å². The van der Waals surface area contributed by atoms with E-state index in [0.29, 0.717) is 53.0 Å². The third kappa shape index (κ3) is 6.21. The van der Waals surface area contributed by atoms with Crippen molar-refractivity contribution in [1.82, 2.24) is 29.9 Å². The van der Waals surface area contributed by atoms with Gasteiger partial charge in [-0.15, -0.1) is 5.10 Å². The summed E-state index contributed by atoms with van der Waals surface area (Å²) in [4.78, 5) is 24.5. The van der Waals surface area contributed by atoms with Crippen molar-refractivity contribution in [3.63, 3.8) is 0 Å². The number of para-hydroxylation sites is 1. The van der Waals surface area contributed by atoms with E-state index >= 15 is 0 Å². The average Bonchev–Trinajstić information content (AvgIpc) is 3.32. The first-order valence-electron chi connectivity index (χ1n) is 11.8. The molecule has 0 saturated heterocycles. The maximum Gasteiger partial charge on any atom is 0.303 e. The van der Waals surface area contributed by atoms with E-state index in [2.05, 4.69) is 20.3 Å². The molecule has 3 aromatic heterocycles. The predicted octanol–water partition coefficient (Wildman–Crippen LogP) is 4.62. The molecule has 0 amide bonds. The monoisotopic (exact) mass is 521 g/mol. The number of hydrogen-bond donors (Lipinski definition) is 2.